The lowest BCUT2D eigenvalue weighted by Gasteiger charge is -2.33. The highest BCUT2D eigenvalue weighted by Crippen LogP contribution is 2.40. The van der Waals surface area contributed by atoms with Crippen molar-refractivity contribution in [2.24, 2.45) is 0 Å². The average molecular weight is 398 g/mol. The highest BCUT2D eigenvalue weighted by molar-refractivity contribution is 5.86. The van der Waals surface area contributed by atoms with Crippen LogP contribution in [0.3, 0.4) is 0 Å². The predicted octanol–water partition coefficient (Wildman–Crippen LogP) is 4.19. The largest absolute Gasteiger partial charge is 0.480 e. The predicted molar refractivity (Wildman–Crippen MR) is 99.5 cm³/mol. The molecule has 0 aliphatic heterocycles. The van der Waals surface area contributed by atoms with Crippen LogP contribution in [0.25, 0.3) is 10.9 Å². The maximum atomic E-state index is 12.6. The van der Waals surface area contributed by atoms with E-state index in [-0.39, 0.29) is 11.9 Å². The van der Waals surface area contributed by atoms with Gasteiger partial charge in [-0.3, -0.25) is 0 Å². The minimum Gasteiger partial charge on any atom is -0.480 e. The van der Waals surface area contributed by atoms with Crippen molar-refractivity contribution in [3.05, 3.63) is 18.0 Å². The van der Waals surface area contributed by atoms with Gasteiger partial charge in [-0.05, 0) is 45.4 Å². The van der Waals surface area contributed by atoms with Gasteiger partial charge in [0.05, 0.1) is 30.0 Å². The molecule has 0 radical (unpaired) electrons. The molecule has 1 aliphatic carbocycles. The van der Waals surface area contributed by atoms with Crippen LogP contribution in [-0.2, 0) is 0 Å². The molecule has 0 unspecified atom stereocenters. The SMILES string of the molecule is COc1ncc([C@H]2CC[C@](C)(O)CC2)c2nc(N[C@@H](C)CC(F)(F)F)ncc12. The van der Waals surface area contributed by atoms with Crippen LogP contribution < -0.4 is 10.1 Å². The van der Waals surface area contributed by atoms with Crippen molar-refractivity contribution in [2.45, 2.75) is 69.7 Å². The molecule has 6 nitrogen and oxygen atoms in total. The molecule has 3 rings (SSSR count). The van der Waals surface area contributed by atoms with Crippen LogP contribution in [0.15, 0.2) is 12.4 Å². The van der Waals surface area contributed by atoms with E-state index in [4.69, 9.17) is 4.74 Å². The molecule has 0 spiro atoms. The van der Waals surface area contributed by atoms with Crippen molar-refractivity contribution in [1.29, 1.82) is 0 Å². The zero-order valence-electron chi connectivity index (χ0n) is 16.2. The Labute approximate surface area is 161 Å². The number of pyridine rings is 1. The van der Waals surface area contributed by atoms with E-state index in [0.29, 0.717) is 29.6 Å². The van der Waals surface area contributed by atoms with Crippen molar-refractivity contribution in [3.8, 4) is 5.88 Å². The fraction of sp³-hybridized carbons (Fsp3) is 0.632. The third kappa shape index (κ3) is 4.81. The summed E-state index contributed by atoms with van der Waals surface area (Å²) in [5.41, 5.74) is 0.858. The fourth-order valence-corrected chi connectivity index (χ4v) is 3.72. The first kappa shape index (κ1) is 20.6. The van der Waals surface area contributed by atoms with E-state index in [2.05, 4.69) is 20.3 Å². The first-order chi connectivity index (χ1) is 13.1. The molecule has 1 atom stereocenters. The van der Waals surface area contributed by atoms with Crippen LogP contribution in [0, 0.1) is 0 Å². The summed E-state index contributed by atoms with van der Waals surface area (Å²) in [5, 5.41) is 13.6. The van der Waals surface area contributed by atoms with Crippen LogP contribution in [0.4, 0.5) is 19.1 Å². The van der Waals surface area contributed by atoms with Gasteiger partial charge < -0.3 is 15.2 Å². The van der Waals surface area contributed by atoms with Gasteiger partial charge in [0, 0.05) is 24.0 Å². The lowest BCUT2D eigenvalue weighted by Crippen LogP contribution is -2.29. The number of aromatic nitrogens is 3. The number of aliphatic hydroxyl groups is 1. The standard InChI is InChI=1S/C19H25F3N4O2/c1-11(8-19(20,21)22)25-17-24-10-14-15(26-17)13(9-23-16(14)28-3)12-4-6-18(2,27)7-5-12/h9-12,27H,4-8H2,1-3H3,(H,24,25,26)/t11-,12-,18-/m0/s1. The van der Waals surface area contributed by atoms with E-state index in [1.807, 2.05) is 6.92 Å². The van der Waals surface area contributed by atoms with Gasteiger partial charge in [0.25, 0.3) is 0 Å². The summed E-state index contributed by atoms with van der Waals surface area (Å²) in [4.78, 5) is 13.0. The quantitative estimate of drug-likeness (QED) is 0.786. The second-order valence-corrected chi connectivity index (χ2v) is 7.81. The van der Waals surface area contributed by atoms with E-state index in [1.165, 1.54) is 20.2 Å². The zero-order chi connectivity index (χ0) is 20.5. The topological polar surface area (TPSA) is 80.2 Å². The Morgan fingerprint density at radius 2 is 1.96 bits per heavy atom. The first-order valence-corrected chi connectivity index (χ1v) is 9.33. The lowest BCUT2D eigenvalue weighted by molar-refractivity contribution is -0.136. The van der Waals surface area contributed by atoms with Crippen LogP contribution in [0.2, 0.25) is 0 Å². The van der Waals surface area contributed by atoms with Gasteiger partial charge in [0.1, 0.15) is 0 Å². The number of ether oxygens (including phenoxy) is 1. The highest BCUT2D eigenvalue weighted by Gasteiger charge is 2.32. The van der Waals surface area contributed by atoms with E-state index in [1.54, 1.807) is 6.20 Å². The summed E-state index contributed by atoms with van der Waals surface area (Å²) in [5.74, 6) is 0.675. The van der Waals surface area contributed by atoms with Gasteiger partial charge >= 0.3 is 6.18 Å². The normalized spacial score (nSPS) is 24.2. The molecule has 1 saturated carbocycles. The van der Waals surface area contributed by atoms with E-state index in [0.717, 1.165) is 18.4 Å². The van der Waals surface area contributed by atoms with E-state index in [9.17, 15) is 18.3 Å². The van der Waals surface area contributed by atoms with Crippen LogP contribution in [-0.4, -0.2) is 45.0 Å². The van der Waals surface area contributed by atoms with E-state index < -0.39 is 24.2 Å². The molecule has 2 aromatic rings. The number of nitrogens with zero attached hydrogens (tertiary/aromatic N) is 3. The molecule has 28 heavy (non-hydrogen) atoms. The molecule has 154 valence electrons. The first-order valence-electron chi connectivity index (χ1n) is 9.33. The number of hydrogen-bond donors (Lipinski definition) is 2. The van der Waals surface area contributed by atoms with Gasteiger partial charge in [-0.15, -0.1) is 0 Å². The molecule has 1 fully saturated rings. The van der Waals surface area contributed by atoms with Crippen molar-refractivity contribution in [1.82, 2.24) is 15.0 Å². The number of nitrogens with one attached hydrogen (secondary N) is 1. The minimum absolute atomic E-state index is 0.140. The molecule has 0 amide bonds. The zero-order valence-corrected chi connectivity index (χ0v) is 16.2. The molecule has 0 bridgehead atoms. The molecule has 0 saturated heterocycles. The monoisotopic (exact) mass is 398 g/mol. The minimum atomic E-state index is -4.26. The van der Waals surface area contributed by atoms with Crippen LogP contribution >= 0.6 is 0 Å². The Kier molecular flexibility index (Phi) is 5.65. The Bertz CT molecular complexity index is 832. The van der Waals surface area contributed by atoms with Crippen molar-refractivity contribution >= 4 is 16.9 Å². The second kappa shape index (κ2) is 7.69. The Morgan fingerprint density at radius 3 is 2.57 bits per heavy atom. The van der Waals surface area contributed by atoms with Crippen molar-refractivity contribution in [2.75, 3.05) is 12.4 Å². The molecule has 9 heteroatoms. The Hall–Kier alpha value is -2.16. The molecular formula is C19H25F3N4O2. The summed E-state index contributed by atoms with van der Waals surface area (Å²) >= 11 is 0. The van der Waals surface area contributed by atoms with Crippen molar-refractivity contribution in [3.63, 3.8) is 0 Å². The Balaban J connectivity index is 1.93. The highest BCUT2D eigenvalue weighted by atomic mass is 19.4. The molecule has 1 aliphatic rings. The summed E-state index contributed by atoms with van der Waals surface area (Å²) in [6.45, 7) is 3.28. The van der Waals surface area contributed by atoms with Crippen molar-refractivity contribution < 1.29 is 23.0 Å². The molecular weight excluding hydrogens is 373 g/mol. The molecule has 2 aromatic heterocycles. The number of methoxy groups -OCH3 is 1. The maximum Gasteiger partial charge on any atom is 0.391 e. The van der Waals surface area contributed by atoms with Gasteiger partial charge in [-0.25, -0.2) is 15.0 Å². The summed E-state index contributed by atoms with van der Waals surface area (Å²) < 4.78 is 43.1. The Morgan fingerprint density at radius 1 is 1.29 bits per heavy atom. The van der Waals surface area contributed by atoms with Gasteiger partial charge in [-0.1, -0.05) is 0 Å². The number of alkyl halides is 3. The number of rotatable bonds is 5. The number of hydrogen-bond acceptors (Lipinski definition) is 6. The molecule has 2 heterocycles. The second-order valence-electron chi connectivity index (χ2n) is 7.81. The number of anilines is 1. The smallest absolute Gasteiger partial charge is 0.391 e. The summed E-state index contributed by atoms with van der Waals surface area (Å²) in [7, 11) is 1.50. The number of halogens is 3. The average Bonchev–Trinajstić information content (AvgIpc) is 2.59. The van der Waals surface area contributed by atoms with Crippen LogP contribution in [0.5, 0.6) is 5.88 Å². The lowest BCUT2D eigenvalue weighted by atomic mass is 9.77. The number of fused-ring (bicyclic) bond motifs is 1. The van der Waals surface area contributed by atoms with E-state index >= 15 is 0 Å². The van der Waals surface area contributed by atoms with Gasteiger partial charge in [0.15, 0.2) is 0 Å². The maximum absolute atomic E-state index is 12.6. The van der Waals surface area contributed by atoms with Crippen LogP contribution in [0.1, 0.15) is 57.4 Å². The summed E-state index contributed by atoms with van der Waals surface area (Å²) in [6, 6.07) is -0.852. The van der Waals surface area contributed by atoms with Gasteiger partial charge in [0.2, 0.25) is 11.8 Å². The third-order valence-corrected chi connectivity index (χ3v) is 5.22. The fourth-order valence-electron chi connectivity index (χ4n) is 3.72. The molecule has 0 aromatic carbocycles. The molecule has 2 N–H and O–H groups in total. The van der Waals surface area contributed by atoms with Gasteiger partial charge in [-0.2, -0.15) is 13.2 Å². The summed E-state index contributed by atoms with van der Waals surface area (Å²) in [6.07, 6.45) is 0.912. The third-order valence-electron chi connectivity index (χ3n) is 5.22.